The molecule has 0 bridgehead atoms. The summed E-state index contributed by atoms with van der Waals surface area (Å²) < 4.78 is 2.20. The second kappa shape index (κ2) is 5.53. The summed E-state index contributed by atoms with van der Waals surface area (Å²) in [6, 6.07) is 6.85. The summed E-state index contributed by atoms with van der Waals surface area (Å²) in [5.41, 5.74) is 2.32. The van der Waals surface area contributed by atoms with Crippen LogP contribution in [-0.4, -0.2) is 22.0 Å². The Bertz CT molecular complexity index is 564. The van der Waals surface area contributed by atoms with Gasteiger partial charge in [0.2, 0.25) is 0 Å². The fourth-order valence-corrected chi connectivity index (χ4v) is 3.61. The number of hydrogen-bond donors (Lipinski definition) is 0. The van der Waals surface area contributed by atoms with Gasteiger partial charge in [0, 0.05) is 24.1 Å². The molecule has 3 rings (SSSR count). The Balaban J connectivity index is 2.07. The third-order valence-electron chi connectivity index (χ3n) is 4.10. The van der Waals surface area contributed by atoms with E-state index >= 15 is 0 Å². The second-order valence-corrected chi connectivity index (χ2v) is 5.76. The van der Waals surface area contributed by atoms with Crippen LogP contribution in [-0.2, 0) is 5.33 Å². The number of pyridine rings is 1. The summed E-state index contributed by atoms with van der Waals surface area (Å²) >= 11 is 3.63. The van der Waals surface area contributed by atoms with Crippen molar-refractivity contribution in [3.63, 3.8) is 0 Å². The van der Waals surface area contributed by atoms with E-state index in [1.54, 1.807) is 0 Å². The van der Waals surface area contributed by atoms with Crippen LogP contribution in [0.2, 0.25) is 0 Å². The van der Waals surface area contributed by atoms with Crippen LogP contribution >= 0.6 is 15.9 Å². The molecule has 0 radical (unpaired) electrons. The van der Waals surface area contributed by atoms with Gasteiger partial charge in [-0.3, -0.25) is 0 Å². The van der Waals surface area contributed by atoms with Gasteiger partial charge in [-0.2, -0.15) is 0 Å². The predicted molar refractivity (Wildman–Crippen MR) is 83.1 cm³/mol. The first-order chi connectivity index (χ1) is 9.35. The molecule has 0 saturated carbocycles. The molecule has 1 fully saturated rings. The molecule has 3 nitrogen and oxygen atoms in total. The van der Waals surface area contributed by atoms with E-state index in [9.17, 15) is 0 Å². The maximum absolute atomic E-state index is 4.86. The number of imidazole rings is 1. The van der Waals surface area contributed by atoms with E-state index in [1.807, 2.05) is 0 Å². The molecule has 1 aliphatic rings. The van der Waals surface area contributed by atoms with Gasteiger partial charge in [-0.15, -0.1) is 0 Å². The van der Waals surface area contributed by atoms with E-state index in [-0.39, 0.29) is 0 Å². The minimum absolute atomic E-state index is 0.650. The summed E-state index contributed by atoms with van der Waals surface area (Å²) in [6.45, 7) is 3.43. The molecule has 1 aliphatic heterocycles. The van der Waals surface area contributed by atoms with E-state index < -0.39 is 0 Å². The first kappa shape index (κ1) is 13.0. The Morgan fingerprint density at radius 2 is 2.26 bits per heavy atom. The first-order valence-corrected chi connectivity index (χ1v) is 8.26. The molecule has 102 valence electrons. The average Bonchev–Trinajstić information content (AvgIpc) is 2.85. The van der Waals surface area contributed by atoms with Crippen molar-refractivity contribution in [2.75, 3.05) is 11.4 Å². The summed E-state index contributed by atoms with van der Waals surface area (Å²) in [6.07, 6.45) is 7.24. The predicted octanol–water partition coefficient (Wildman–Crippen LogP) is 4.00. The van der Waals surface area contributed by atoms with Crippen molar-refractivity contribution in [3.05, 3.63) is 30.1 Å². The van der Waals surface area contributed by atoms with Crippen LogP contribution in [0.1, 0.15) is 38.3 Å². The zero-order valence-corrected chi connectivity index (χ0v) is 12.9. The van der Waals surface area contributed by atoms with Gasteiger partial charge in [0.1, 0.15) is 5.65 Å². The number of piperidine rings is 1. The van der Waals surface area contributed by atoms with Crippen LogP contribution in [0.4, 0.5) is 5.82 Å². The summed E-state index contributed by atoms with van der Waals surface area (Å²) in [5.74, 6) is 1.18. The number of anilines is 1. The number of hydrogen-bond acceptors (Lipinski definition) is 2. The smallest absolute Gasteiger partial charge is 0.152 e. The molecule has 0 aliphatic carbocycles. The lowest BCUT2D eigenvalue weighted by molar-refractivity contribution is 0.446. The van der Waals surface area contributed by atoms with E-state index in [0.717, 1.165) is 17.5 Å². The van der Waals surface area contributed by atoms with Crippen molar-refractivity contribution in [1.82, 2.24) is 9.38 Å². The normalized spacial score (nSPS) is 20.1. The molecule has 0 aromatic carbocycles. The van der Waals surface area contributed by atoms with Gasteiger partial charge in [-0.25, -0.2) is 4.98 Å². The molecule has 4 heteroatoms. The molecule has 3 heterocycles. The fourth-order valence-electron chi connectivity index (χ4n) is 3.09. The van der Waals surface area contributed by atoms with Gasteiger partial charge >= 0.3 is 0 Å². The van der Waals surface area contributed by atoms with Crippen LogP contribution in [0, 0.1) is 0 Å². The van der Waals surface area contributed by atoms with Crippen molar-refractivity contribution in [1.29, 1.82) is 0 Å². The first-order valence-electron chi connectivity index (χ1n) is 7.13. The molecule has 1 atom stereocenters. The number of nitrogens with zero attached hydrogens (tertiary/aromatic N) is 3. The molecule has 1 unspecified atom stereocenters. The second-order valence-electron chi connectivity index (χ2n) is 5.20. The van der Waals surface area contributed by atoms with Crippen molar-refractivity contribution < 1.29 is 0 Å². The summed E-state index contributed by atoms with van der Waals surface area (Å²) in [4.78, 5) is 7.39. The third kappa shape index (κ3) is 2.27. The largest absolute Gasteiger partial charge is 0.352 e. The molecule has 19 heavy (non-hydrogen) atoms. The Morgan fingerprint density at radius 1 is 1.37 bits per heavy atom. The maximum Gasteiger partial charge on any atom is 0.152 e. The Labute approximate surface area is 122 Å². The van der Waals surface area contributed by atoms with Gasteiger partial charge in [-0.05, 0) is 37.8 Å². The van der Waals surface area contributed by atoms with Crippen LogP contribution < -0.4 is 4.90 Å². The highest BCUT2D eigenvalue weighted by Gasteiger charge is 2.25. The molecule has 0 amide bonds. The van der Waals surface area contributed by atoms with Gasteiger partial charge in [0.05, 0.1) is 5.69 Å². The fraction of sp³-hybridized carbons (Fsp3) is 0.533. The topological polar surface area (TPSA) is 20.5 Å². The molecule has 2 aromatic heterocycles. The summed E-state index contributed by atoms with van der Waals surface area (Å²) in [7, 11) is 0. The molecule has 2 aromatic rings. The molecule has 1 saturated heterocycles. The highest BCUT2D eigenvalue weighted by atomic mass is 79.9. The van der Waals surface area contributed by atoms with Crippen LogP contribution in [0.3, 0.4) is 0 Å². The maximum atomic E-state index is 4.86. The number of aromatic nitrogens is 2. The van der Waals surface area contributed by atoms with E-state index in [0.29, 0.717) is 6.04 Å². The molecule has 0 spiro atoms. The van der Waals surface area contributed by atoms with Crippen molar-refractivity contribution in [3.8, 4) is 0 Å². The molecular formula is C15H20BrN3. The van der Waals surface area contributed by atoms with Crippen molar-refractivity contribution in [2.45, 2.75) is 44.0 Å². The lowest BCUT2D eigenvalue weighted by Crippen LogP contribution is -2.39. The van der Waals surface area contributed by atoms with Gasteiger partial charge < -0.3 is 9.30 Å². The zero-order valence-electron chi connectivity index (χ0n) is 11.3. The van der Waals surface area contributed by atoms with Crippen molar-refractivity contribution in [2.24, 2.45) is 0 Å². The van der Waals surface area contributed by atoms with Gasteiger partial charge in [0.25, 0.3) is 0 Å². The minimum atomic E-state index is 0.650. The Kier molecular flexibility index (Phi) is 3.78. The molecule has 0 N–H and O–H groups in total. The Morgan fingerprint density at radius 3 is 3.05 bits per heavy atom. The van der Waals surface area contributed by atoms with E-state index in [4.69, 9.17) is 4.98 Å². The van der Waals surface area contributed by atoms with Crippen molar-refractivity contribution >= 4 is 27.4 Å². The quantitative estimate of drug-likeness (QED) is 0.796. The molecular weight excluding hydrogens is 302 g/mol. The Hall–Kier alpha value is -1.03. The van der Waals surface area contributed by atoms with E-state index in [1.165, 1.54) is 37.2 Å². The standard InChI is InChI=1S/C15H20BrN3/c1-2-12-7-3-5-9-18(12)15-13(11-16)19-10-6-4-8-14(19)17-15/h4,6,8,10,12H,2-3,5,7,9,11H2,1H3. The number of alkyl halides is 1. The zero-order chi connectivity index (χ0) is 13.2. The highest BCUT2D eigenvalue weighted by molar-refractivity contribution is 9.08. The monoisotopic (exact) mass is 321 g/mol. The average molecular weight is 322 g/mol. The van der Waals surface area contributed by atoms with Crippen LogP contribution in [0.15, 0.2) is 24.4 Å². The van der Waals surface area contributed by atoms with Gasteiger partial charge in [-0.1, -0.05) is 28.9 Å². The number of halogens is 1. The number of fused-ring (bicyclic) bond motifs is 1. The highest BCUT2D eigenvalue weighted by Crippen LogP contribution is 2.30. The van der Waals surface area contributed by atoms with Crippen LogP contribution in [0.5, 0.6) is 0 Å². The minimum Gasteiger partial charge on any atom is -0.352 e. The number of rotatable bonds is 3. The van der Waals surface area contributed by atoms with E-state index in [2.05, 4.69) is 56.6 Å². The third-order valence-corrected chi connectivity index (χ3v) is 4.64. The lowest BCUT2D eigenvalue weighted by atomic mass is 10.00. The SMILES string of the molecule is CCC1CCCCN1c1nc2ccccn2c1CBr. The summed E-state index contributed by atoms with van der Waals surface area (Å²) in [5, 5.41) is 0.848. The van der Waals surface area contributed by atoms with Crippen LogP contribution in [0.25, 0.3) is 5.65 Å². The lowest BCUT2D eigenvalue weighted by Gasteiger charge is -2.36. The van der Waals surface area contributed by atoms with Gasteiger partial charge in [0.15, 0.2) is 5.82 Å².